The Balaban J connectivity index is 1.18. The summed E-state index contributed by atoms with van der Waals surface area (Å²) >= 11 is 0. The topological polar surface area (TPSA) is 112 Å². The monoisotopic (exact) mass is 477 g/mol. The van der Waals surface area contributed by atoms with Gasteiger partial charge in [0.1, 0.15) is 6.54 Å². The molecule has 11 heteroatoms. The molecule has 0 amide bonds. The first kappa shape index (κ1) is 23.2. The zero-order valence-electron chi connectivity index (χ0n) is 19.3. The molecule has 1 unspecified atom stereocenters. The van der Waals surface area contributed by atoms with Crippen molar-refractivity contribution in [2.75, 3.05) is 49.6 Å². The van der Waals surface area contributed by atoms with E-state index in [0.29, 0.717) is 32.2 Å². The predicted molar refractivity (Wildman–Crippen MR) is 131 cm³/mol. The quantitative estimate of drug-likeness (QED) is 0.444. The first-order chi connectivity index (χ1) is 17.2. The molecule has 5 rings (SSSR count). The number of aromatic nitrogens is 3. The van der Waals surface area contributed by atoms with Crippen LogP contribution in [-0.4, -0.2) is 54.3 Å². The Labute approximate surface area is 203 Å². The first-order valence-corrected chi connectivity index (χ1v) is 11.7. The van der Waals surface area contributed by atoms with Crippen LogP contribution in [-0.2, 0) is 11.3 Å². The fraction of sp³-hybridized carbons (Fsp3) is 0.375. The maximum absolute atomic E-state index is 14.2. The van der Waals surface area contributed by atoms with Crippen LogP contribution in [0.1, 0.15) is 23.6 Å². The molecule has 182 valence electrons. The molecule has 2 fully saturated rings. The maximum atomic E-state index is 14.2. The van der Waals surface area contributed by atoms with E-state index in [-0.39, 0.29) is 18.3 Å². The molecule has 0 aliphatic carbocycles. The Kier molecular flexibility index (Phi) is 7.47. The number of pyridine rings is 1. The van der Waals surface area contributed by atoms with Crippen molar-refractivity contribution in [3.63, 3.8) is 0 Å². The third-order valence-corrected chi connectivity index (χ3v) is 5.98. The Hall–Kier alpha value is -3.54. The van der Waals surface area contributed by atoms with Crippen molar-refractivity contribution < 1.29 is 9.13 Å². The van der Waals surface area contributed by atoms with E-state index in [4.69, 9.17) is 4.74 Å². The molecule has 2 aromatic heterocycles. The van der Waals surface area contributed by atoms with Crippen LogP contribution in [0.2, 0.25) is 0 Å². The van der Waals surface area contributed by atoms with E-state index in [0.717, 1.165) is 42.8 Å². The normalized spacial score (nSPS) is 18.7. The molecule has 10 nitrogen and oxygen atoms in total. The van der Waals surface area contributed by atoms with Crippen LogP contribution < -0.4 is 21.1 Å². The SMILES string of the molecule is Fc1cnc(N=NCc2ccc(Nc3cccc(C4CCNNC4)c3)cn2)nc1N1CCOCC1. The highest BCUT2D eigenvalue weighted by Gasteiger charge is 2.18. The fourth-order valence-corrected chi connectivity index (χ4v) is 4.11. The van der Waals surface area contributed by atoms with Gasteiger partial charge in [-0.15, -0.1) is 5.11 Å². The first-order valence-electron chi connectivity index (χ1n) is 11.7. The highest BCUT2D eigenvalue weighted by molar-refractivity contribution is 5.59. The Bertz CT molecular complexity index is 1150. The summed E-state index contributed by atoms with van der Waals surface area (Å²) in [4.78, 5) is 14.4. The van der Waals surface area contributed by atoms with Crippen LogP contribution in [0.15, 0.2) is 59.0 Å². The van der Waals surface area contributed by atoms with Gasteiger partial charge in [0, 0.05) is 31.9 Å². The molecule has 2 aliphatic rings. The Morgan fingerprint density at radius 2 is 2.00 bits per heavy atom. The lowest BCUT2D eigenvalue weighted by molar-refractivity contribution is 0.122. The summed E-state index contributed by atoms with van der Waals surface area (Å²) in [6, 6.07) is 12.3. The number of ether oxygens (including phenoxy) is 1. The van der Waals surface area contributed by atoms with Gasteiger partial charge in [0.15, 0.2) is 11.6 Å². The van der Waals surface area contributed by atoms with E-state index in [1.165, 1.54) is 5.56 Å². The van der Waals surface area contributed by atoms with Crippen molar-refractivity contribution in [2.45, 2.75) is 18.9 Å². The molecular formula is C24H28FN9O. The van der Waals surface area contributed by atoms with Gasteiger partial charge in [-0.05, 0) is 42.2 Å². The van der Waals surface area contributed by atoms with Crippen LogP contribution in [0.4, 0.5) is 27.5 Å². The third kappa shape index (κ3) is 6.13. The van der Waals surface area contributed by atoms with Crippen molar-refractivity contribution in [3.05, 3.63) is 65.9 Å². The minimum absolute atomic E-state index is 0.120. The molecule has 0 saturated carbocycles. The maximum Gasteiger partial charge on any atom is 0.270 e. The van der Waals surface area contributed by atoms with Crippen molar-refractivity contribution in [3.8, 4) is 0 Å². The number of halogens is 1. The molecule has 0 bridgehead atoms. The Morgan fingerprint density at radius 3 is 2.80 bits per heavy atom. The average Bonchev–Trinajstić information content (AvgIpc) is 2.92. The number of morpholine rings is 1. The second kappa shape index (κ2) is 11.3. The standard InChI is InChI=1S/C24H28FN9O/c25-22-16-27-24(32-23(22)34-8-10-35-11-9-34)33-30-15-20-4-5-21(14-26-20)31-19-3-1-2-17(12-19)18-6-7-28-29-13-18/h1-5,12,14,16,18,28-29,31H,6-11,13,15H2. The molecule has 1 atom stereocenters. The van der Waals surface area contributed by atoms with Crippen LogP contribution in [0.25, 0.3) is 0 Å². The number of rotatable bonds is 7. The highest BCUT2D eigenvalue weighted by Crippen LogP contribution is 2.25. The Morgan fingerprint density at radius 1 is 1.09 bits per heavy atom. The molecular weight excluding hydrogens is 449 g/mol. The minimum Gasteiger partial charge on any atom is -0.378 e. The molecule has 3 aromatic rings. The second-order valence-electron chi connectivity index (χ2n) is 8.42. The number of azo groups is 1. The number of hydrogen-bond acceptors (Lipinski definition) is 10. The van der Waals surface area contributed by atoms with Gasteiger partial charge in [0.05, 0.1) is 37.0 Å². The molecule has 35 heavy (non-hydrogen) atoms. The smallest absolute Gasteiger partial charge is 0.270 e. The molecule has 0 spiro atoms. The van der Waals surface area contributed by atoms with E-state index in [1.807, 2.05) is 23.1 Å². The van der Waals surface area contributed by atoms with Crippen molar-refractivity contribution in [2.24, 2.45) is 10.2 Å². The highest BCUT2D eigenvalue weighted by atomic mass is 19.1. The lowest BCUT2D eigenvalue weighted by atomic mass is 9.94. The van der Waals surface area contributed by atoms with E-state index in [2.05, 4.69) is 59.5 Å². The van der Waals surface area contributed by atoms with Crippen molar-refractivity contribution in [1.82, 2.24) is 25.8 Å². The zero-order chi connectivity index (χ0) is 23.9. The molecule has 2 saturated heterocycles. The van der Waals surface area contributed by atoms with Gasteiger partial charge in [0.2, 0.25) is 0 Å². The van der Waals surface area contributed by atoms with Gasteiger partial charge in [-0.25, -0.2) is 9.37 Å². The number of anilines is 3. The molecule has 2 aliphatic heterocycles. The number of nitrogens with one attached hydrogen (secondary N) is 3. The number of nitrogens with zero attached hydrogens (tertiary/aromatic N) is 6. The van der Waals surface area contributed by atoms with Gasteiger partial charge in [-0.3, -0.25) is 15.8 Å². The molecule has 1 aromatic carbocycles. The summed E-state index contributed by atoms with van der Waals surface area (Å²) in [5.74, 6) is 0.369. The molecule has 3 N–H and O–H groups in total. The van der Waals surface area contributed by atoms with Gasteiger partial charge in [-0.1, -0.05) is 12.1 Å². The van der Waals surface area contributed by atoms with Crippen LogP contribution in [0.3, 0.4) is 0 Å². The molecule has 0 radical (unpaired) electrons. The molecule has 4 heterocycles. The van der Waals surface area contributed by atoms with Crippen LogP contribution in [0.5, 0.6) is 0 Å². The lowest BCUT2D eigenvalue weighted by Gasteiger charge is -2.27. The van der Waals surface area contributed by atoms with E-state index >= 15 is 0 Å². The third-order valence-electron chi connectivity index (χ3n) is 5.98. The van der Waals surface area contributed by atoms with Crippen LogP contribution in [0, 0.1) is 5.82 Å². The number of hydrazine groups is 1. The summed E-state index contributed by atoms with van der Waals surface area (Å²) in [5.41, 5.74) is 10.4. The van der Waals surface area contributed by atoms with Gasteiger partial charge in [0.25, 0.3) is 5.95 Å². The zero-order valence-corrected chi connectivity index (χ0v) is 19.3. The lowest BCUT2D eigenvalue weighted by Crippen LogP contribution is -2.41. The van der Waals surface area contributed by atoms with E-state index in [1.54, 1.807) is 6.20 Å². The fourth-order valence-electron chi connectivity index (χ4n) is 4.11. The predicted octanol–water partition coefficient (Wildman–Crippen LogP) is 3.46. The second-order valence-corrected chi connectivity index (χ2v) is 8.42. The van der Waals surface area contributed by atoms with Crippen molar-refractivity contribution in [1.29, 1.82) is 0 Å². The number of hydrogen-bond donors (Lipinski definition) is 3. The largest absolute Gasteiger partial charge is 0.378 e. The van der Waals surface area contributed by atoms with Gasteiger partial charge < -0.3 is 15.0 Å². The van der Waals surface area contributed by atoms with Gasteiger partial charge >= 0.3 is 0 Å². The summed E-state index contributed by atoms with van der Waals surface area (Å²) in [5, 5.41) is 11.6. The van der Waals surface area contributed by atoms with Crippen molar-refractivity contribution >= 4 is 23.1 Å². The van der Waals surface area contributed by atoms with Gasteiger partial charge in [-0.2, -0.15) is 10.1 Å². The van der Waals surface area contributed by atoms with Crippen LogP contribution >= 0.6 is 0 Å². The van der Waals surface area contributed by atoms with E-state index < -0.39 is 5.82 Å². The number of benzene rings is 1. The summed E-state index contributed by atoms with van der Waals surface area (Å²) < 4.78 is 19.5. The summed E-state index contributed by atoms with van der Waals surface area (Å²) in [6.45, 7) is 4.39. The van der Waals surface area contributed by atoms with E-state index in [9.17, 15) is 4.39 Å². The minimum atomic E-state index is -0.478. The summed E-state index contributed by atoms with van der Waals surface area (Å²) in [6.07, 6.45) is 4.01. The average molecular weight is 478 g/mol. The summed E-state index contributed by atoms with van der Waals surface area (Å²) in [7, 11) is 0.